The number of nitrogens with one attached hydrogen (secondary N) is 1. The van der Waals surface area contributed by atoms with Gasteiger partial charge in [0.2, 0.25) is 5.91 Å². The molecule has 1 saturated carbocycles. The van der Waals surface area contributed by atoms with Crippen molar-refractivity contribution in [2.45, 2.75) is 64.5 Å². The highest BCUT2D eigenvalue weighted by Gasteiger charge is 2.40. The Morgan fingerprint density at radius 3 is 2.28 bits per heavy atom. The summed E-state index contributed by atoms with van der Waals surface area (Å²) in [4.78, 5) is 22.7. The monoisotopic (exact) mass is 256 g/mol. The molecular weight excluding hydrogens is 232 g/mol. The fourth-order valence-corrected chi connectivity index (χ4v) is 2.09. The molecule has 104 valence electrons. The number of carbonyl (C=O) groups excluding carboxylic acids is 1. The van der Waals surface area contributed by atoms with Gasteiger partial charge in [-0.15, -0.1) is 0 Å². The predicted octanol–water partition coefficient (Wildman–Crippen LogP) is 1.26. The number of nitrogens with two attached hydrogens (primary N) is 1. The Balaban J connectivity index is 2.51. The molecule has 0 aliphatic heterocycles. The van der Waals surface area contributed by atoms with Gasteiger partial charge in [0.1, 0.15) is 0 Å². The second-order valence-corrected chi connectivity index (χ2v) is 6.43. The van der Waals surface area contributed by atoms with Crippen molar-refractivity contribution in [1.82, 2.24) is 5.32 Å². The number of rotatable bonds is 5. The number of hydrogen-bond acceptors (Lipinski definition) is 3. The smallest absolute Gasteiger partial charge is 0.305 e. The van der Waals surface area contributed by atoms with Crippen molar-refractivity contribution in [3.8, 4) is 0 Å². The van der Waals surface area contributed by atoms with Crippen LogP contribution in [0.15, 0.2) is 0 Å². The molecule has 1 unspecified atom stereocenters. The van der Waals surface area contributed by atoms with E-state index in [0.717, 1.165) is 19.3 Å². The molecule has 0 bridgehead atoms. The molecule has 1 amide bonds. The molecule has 0 aromatic heterocycles. The van der Waals surface area contributed by atoms with E-state index in [1.54, 1.807) is 0 Å². The van der Waals surface area contributed by atoms with Crippen LogP contribution >= 0.6 is 0 Å². The standard InChI is InChI=1S/C13H24N2O3/c1-12(2,3)9(14)7-10(16)15-13(5-4-6-13)8-11(17)18/h9H,4-8,14H2,1-3H3,(H,15,16)(H,17,18). The number of aliphatic carboxylic acids is 1. The number of amides is 1. The van der Waals surface area contributed by atoms with Gasteiger partial charge in [-0.05, 0) is 24.7 Å². The molecule has 1 fully saturated rings. The van der Waals surface area contributed by atoms with Gasteiger partial charge in [0.05, 0.1) is 12.0 Å². The third-order valence-corrected chi connectivity index (χ3v) is 3.72. The van der Waals surface area contributed by atoms with Crippen LogP contribution in [-0.4, -0.2) is 28.6 Å². The van der Waals surface area contributed by atoms with E-state index in [1.807, 2.05) is 20.8 Å². The van der Waals surface area contributed by atoms with E-state index in [9.17, 15) is 9.59 Å². The lowest BCUT2D eigenvalue weighted by Gasteiger charge is -2.42. The zero-order chi connectivity index (χ0) is 14.0. The molecule has 4 N–H and O–H groups in total. The highest BCUT2D eigenvalue weighted by molar-refractivity contribution is 5.79. The van der Waals surface area contributed by atoms with Crippen LogP contribution in [0, 0.1) is 5.41 Å². The van der Waals surface area contributed by atoms with E-state index in [0.29, 0.717) is 0 Å². The Labute approximate surface area is 108 Å². The lowest BCUT2D eigenvalue weighted by atomic mass is 9.74. The van der Waals surface area contributed by atoms with Gasteiger partial charge in [-0.1, -0.05) is 20.8 Å². The summed E-state index contributed by atoms with van der Waals surface area (Å²) in [5.74, 6) is -1.01. The van der Waals surface area contributed by atoms with Crippen LogP contribution in [0.5, 0.6) is 0 Å². The molecule has 1 aliphatic carbocycles. The van der Waals surface area contributed by atoms with Crippen LogP contribution in [0.3, 0.4) is 0 Å². The van der Waals surface area contributed by atoms with Crippen molar-refractivity contribution < 1.29 is 14.7 Å². The largest absolute Gasteiger partial charge is 0.481 e. The zero-order valence-electron chi connectivity index (χ0n) is 11.5. The lowest BCUT2D eigenvalue weighted by molar-refractivity contribution is -0.140. The average Bonchev–Trinajstić information content (AvgIpc) is 2.11. The molecule has 1 aliphatic rings. The Bertz CT molecular complexity index is 330. The second kappa shape index (κ2) is 5.26. The number of carbonyl (C=O) groups is 2. The van der Waals surface area contributed by atoms with Crippen molar-refractivity contribution in [2.75, 3.05) is 0 Å². The van der Waals surface area contributed by atoms with Gasteiger partial charge in [0.25, 0.3) is 0 Å². The summed E-state index contributed by atoms with van der Waals surface area (Å²) < 4.78 is 0. The molecule has 0 aromatic carbocycles. The van der Waals surface area contributed by atoms with Crippen LogP contribution in [-0.2, 0) is 9.59 Å². The van der Waals surface area contributed by atoms with Gasteiger partial charge in [0, 0.05) is 12.5 Å². The van der Waals surface area contributed by atoms with Gasteiger partial charge in [-0.2, -0.15) is 0 Å². The molecule has 0 heterocycles. The van der Waals surface area contributed by atoms with Gasteiger partial charge < -0.3 is 16.2 Å². The summed E-state index contributed by atoms with van der Waals surface area (Å²) in [6, 6.07) is -0.223. The minimum absolute atomic E-state index is 0.00347. The summed E-state index contributed by atoms with van der Waals surface area (Å²) >= 11 is 0. The first-order valence-electron chi connectivity index (χ1n) is 6.43. The molecule has 0 aromatic rings. The van der Waals surface area contributed by atoms with Crippen LogP contribution in [0.25, 0.3) is 0 Å². The number of carboxylic acid groups (broad SMARTS) is 1. The van der Waals surface area contributed by atoms with E-state index < -0.39 is 11.5 Å². The fourth-order valence-electron chi connectivity index (χ4n) is 2.09. The van der Waals surface area contributed by atoms with E-state index in [1.165, 1.54) is 0 Å². The fraction of sp³-hybridized carbons (Fsp3) is 0.846. The maximum absolute atomic E-state index is 11.9. The average molecular weight is 256 g/mol. The first kappa shape index (κ1) is 15.0. The summed E-state index contributed by atoms with van der Waals surface area (Å²) in [5, 5.41) is 11.7. The summed E-state index contributed by atoms with van der Waals surface area (Å²) in [6.07, 6.45) is 2.71. The Morgan fingerprint density at radius 1 is 1.39 bits per heavy atom. The van der Waals surface area contributed by atoms with Crippen LogP contribution in [0.2, 0.25) is 0 Å². The van der Waals surface area contributed by atoms with E-state index >= 15 is 0 Å². The number of hydrogen-bond donors (Lipinski definition) is 3. The Kier molecular flexibility index (Phi) is 4.37. The second-order valence-electron chi connectivity index (χ2n) is 6.43. The number of carboxylic acids is 1. The molecule has 0 saturated heterocycles. The lowest BCUT2D eigenvalue weighted by Crippen LogP contribution is -2.56. The van der Waals surface area contributed by atoms with Gasteiger partial charge >= 0.3 is 5.97 Å². The molecule has 0 radical (unpaired) electrons. The first-order valence-corrected chi connectivity index (χ1v) is 6.43. The van der Waals surface area contributed by atoms with Crippen molar-refractivity contribution in [3.05, 3.63) is 0 Å². The van der Waals surface area contributed by atoms with Crippen molar-refractivity contribution >= 4 is 11.9 Å². The van der Waals surface area contributed by atoms with Gasteiger partial charge in [0.15, 0.2) is 0 Å². The summed E-state index contributed by atoms with van der Waals surface area (Å²) in [7, 11) is 0. The van der Waals surface area contributed by atoms with Crippen LogP contribution < -0.4 is 11.1 Å². The van der Waals surface area contributed by atoms with Gasteiger partial charge in [-0.25, -0.2) is 0 Å². The Morgan fingerprint density at radius 2 is 1.94 bits per heavy atom. The summed E-state index contributed by atoms with van der Waals surface area (Å²) in [5.41, 5.74) is 5.30. The SMILES string of the molecule is CC(C)(C)C(N)CC(=O)NC1(CC(=O)O)CCC1. The molecule has 1 rings (SSSR count). The first-order chi connectivity index (χ1) is 8.15. The van der Waals surface area contributed by atoms with Crippen molar-refractivity contribution in [1.29, 1.82) is 0 Å². The maximum atomic E-state index is 11.9. The van der Waals surface area contributed by atoms with Crippen molar-refractivity contribution in [2.24, 2.45) is 11.1 Å². The molecular formula is C13H24N2O3. The quantitative estimate of drug-likeness (QED) is 0.690. The normalized spacial score (nSPS) is 19.8. The zero-order valence-corrected chi connectivity index (χ0v) is 11.5. The molecule has 18 heavy (non-hydrogen) atoms. The van der Waals surface area contributed by atoms with Crippen molar-refractivity contribution in [3.63, 3.8) is 0 Å². The Hall–Kier alpha value is -1.10. The highest BCUT2D eigenvalue weighted by Crippen LogP contribution is 2.35. The highest BCUT2D eigenvalue weighted by atomic mass is 16.4. The molecule has 5 nitrogen and oxygen atoms in total. The predicted molar refractivity (Wildman–Crippen MR) is 69.0 cm³/mol. The summed E-state index contributed by atoms with van der Waals surface area (Å²) in [6.45, 7) is 5.96. The van der Waals surface area contributed by atoms with Crippen LogP contribution in [0.1, 0.15) is 52.9 Å². The van der Waals surface area contributed by atoms with Gasteiger partial charge in [-0.3, -0.25) is 9.59 Å². The van der Waals surface area contributed by atoms with Crippen LogP contribution in [0.4, 0.5) is 0 Å². The topological polar surface area (TPSA) is 92.4 Å². The maximum Gasteiger partial charge on any atom is 0.305 e. The van der Waals surface area contributed by atoms with E-state index in [2.05, 4.69) is 5.32 Å². The molecule has 1 atom stereocenters. The molecule has 0 spiro atoms. The van der Waals surface area contributed by atoms with E-state index in [4.69, 9.17) is 10.8 Å². The third-order valence-electron chi connectivity index (χ3n) is 3.72. The minimum atomic E-state index is -0.866. The molecule has 5 heteroatoms. The minimum Gasteiger partial charge on any atom is -0.481 e. The van der Waals surface area contributed by atoms with E-state index in [-0.39, 0.29) is 30.2 Å². The third kappa shape index (κ3) is 3.98.